The third kappa shape index (κ3) is 44.1. The zero-order chi connectivity index (χ0) is 42.3. The fraction of sp³-hybridized carbons (Fsp3) is 0.868. The number of aliphatic hydroxyl groups excluding tert-OH is 3. The topological polar surface area (TPSA) is 89.8 Å². The van der Waals surface area contributed by atoms with Gasteiger partial charge >= 0.3 is 0 Å². The Hall–Kier alpha value is -1.43. The minimum absolute atomic E-state index is 0.00383. The molecule has 0 rings (SSSR count). The summed E-state index contributed by atoms with van der Waals surface area (Å²) in [5.74, 6) is -0.325. The molecule has 5 heteroatoms. The van der Waals surface area contributed by atoms with Gasteiger partial charge in [-0.1, -0.05) is 243 Å². The van der Waals surface area contributed by atoms with Crippen molar-refractivity contribution in [2.24, 2.45) is 0 Å². The Morgan fingerprint density at radius 1 is 0.431 bits per heavy atom. The monoisotopic (exact) mass is 816 g/mol. The molecule has 58 heavy (non-hydrogen) atoms. The number of aliphatic hydroxyl groups is 3. The lowest BCUT2D eigenvalue weighted by Gasteiger charge is -2.21. The molecule has 0 bridgehead atoms. The molecule has 0 spiro atoms. The second-order valence-corrected chi connectivity index (χ2v) is 17.8. The standard InChI is InChI=1S/C53H101NO4/c1-3-5-7-9-11-13-15-17-19-21-23-25-26-27-28-30-32-34-36-38-40-42-44-46-50(56)48-53(58)54-51(49-55)52(57)47-45-43-41-39-37-35-33-31-29-24-22-20-18-16-14-12-10-8-6-4-2/h27-28,37,39,45,47,50-52,55-57H,3-26,29-36,38,40-44,46,48-49H2,1-2H3,(H,54,58)/b28-27-,39-37+,47-45+. The van der Waals surface area contributed by atoms with Crippen LogP contribution in [0.5, 0.6) is 0 Å². The van der Waals surface area contributed by atoms with Crippen molar-refractivity contribution in [3.05, 3.63) is 36.5 Å². The van der Waals surface area contributed by atoms with E-state index in [4.69, 9.17) is 0 Å². The number of carbonyl (C=O) groups excluding carboxylic acids is 1. The SMILES string of the molecule is CCCCCCCCCCCCCC/C=C\CCCCCCCCCC(O)CC(=O)NC(CO)C(O)/C=C/CC/C=C/CCCCCCCCCCCCCCCC. The summed E-state index contributed by atoms with van der Waals surface area (Å²) in [5, 5.41) is 33.3. The Morgan fingerprint density at radius 3 is 1.10 bits per heavy atom. The summed E-state index contributed by atoms with van der Waals surface area (Å²) in [7, 11) is 0. The average Bonchev–Trinajstić information content (AvgIpc) is 3.22. The van der Waals surface area contributed by atoms with Crippen LogP contribution >= 0.6 is 0 Å². The highest BCUT2D eigenvalue weighted by molar-refractivity contribution is 5.76. The Bertz CT molecular complexity index is 901. The van der Waals surface area contributed by atoms with Crippen LogP contribution in [0.25, 0.3) is 0 Å². The zero-order valence-electron chi connectivity index (χ0n) is 38.9. The maximum atomic E-state index is 12.5. The van der Waals surface area contributed by atoms with Crippen LogP contribution in [0.3, 0.4) is 0 Å². The highest BCUT2D eigenvalue weighted by atomic mass is 16.3. The highest BCUT2D eigenvalue weighted by Gasteiger charge is 2.20. The van der Waals surface area contributed by atoms with Crippen molar-refractivity contribution >= 4 is 5.91 Å². The molecule has 3 atom stereocenters. The molecule has 1 amide bonds. The minimum atomic E-state index is -0.953. The number of rotatable bonds is 47. The molecule has 0 aliphatic carbocycles. The Kier molecular flexibility index (Phi) is 47.0. The van der Waals surface area contributed by atoms with Gasteiger partial charge < -0.3 is 20.6 Å². The predicted octanol–water partition coefficient (Wildman–Crippen LogP) is 15.5. The van der Waals surface area contributed by atoms with Gasteiger partial charge in [0.25, 0.3) is 0 Å². The minimum Gasteiger partial charge on any atom is -0.394 e. The van der Waals surface area contributed by atoms with Crippen molar-refractivity contribution in [3.8, 4) is 0 Å². The van der Waals surface area contributed by atoms with Crippen molar-refractivity contribution < 1.29 is 20.1 Å². The van der Waals surface area contributed by atoms with E-state index in [0.29, 0.717) is 6.42 Å². The molecule has 0 fully saturated rings. The number of allylic oxidation sites excluding steroid dienone is 5. The lowest BCUT2D eigenvalue weighted by molar-refractivity contribution is -0.124. The van der Waals surface area contributed by atoms with Crippen LogP contribution in [0.2, 0.25) is 0 Å². The molecule has 0 aliphatic heterocycles. The Balaban J connectivity index is 3.64. The second kappa shape index (κ2) is 48.2. The molecule has 342 valence electrons. The number of hydrogen-bond acceptors (Lipinski definition) is 4. The molecule has 0 saturated heterocycles. The normalized spacial score (nSPS) is 13.7. The smallest absolute Gasteiger partial charge is 0.222 e. The van der Waals surface area contributed by atoms with Gasteiger partial charge in [-0.05, 0) is 57.8 Å². The lowest BCUT2D eigenvalue weighted by Crippen LogP contribution is -2.45. The number of hydrogen-bond donors (Lipinski definition) is 4. The van der Waals surface area contributed by atoms with Gasteiger partial charge in [0.05, 0.1) is 31.3 Å². The summed E-state index contributed by atoms with van der Waals surface area (Å²) >= 11 is 0. The van der Waals surface area contributed by atoms with Crippen LogP contribution in [0.4, 0.5) is 0 Å². The first kappa shape index (κ1) is 56.6. The fourth-order valence-corrected chi connectivity index (χ4v) is 7.94. The van der Waals surface area contributed by atoms with E-state index in [1.807, 2.05) is 6.08 Å². The van der Waals surface area contributed by atoms with Crippen LogP contribution in [-0.4, -0.2) is 46.1 Å². The van der Waals surface area contributed by atoms with Gasteiger partial charge in [0, 0.05) is 0 Å². The van der Waals surface area contributed by atoms with Crippen LogP contribution in [0.1, 0.15) is 271 Å². The first-order chi connectivity index (χ1) is 28.5. The van der Waals surface area contributed by atoms with E-state index < -0.39 is 18.2 Å². The molecule has 0 aromatic heterocycles. The van der Waals surface area contributed by atoms with Crippen molar-refractivity contribution in [3.63, 3.8) is 0 Å². The van der Waals surface area contributed by atoms with Crippen LogP contribution < -0.4 is 5.32 Å². The van der Waals surface area contributed by atoms with Gasteiger partial charge in [-0.25, -0.2) is 0 Å². The van der Waals surface area contributed by atoms with E-state index in [1.54, 1.807) is 6.08 Å². The molecule has 4 N–H and O–H groups in total. The number of unbranched alkanes of at least 4 members (excludes halogenated alkanes) is 34. The lowest BCUT2D eigenvalue weighted by atomic mass is 10.0. The summed E-state index contributed by atoms with van der Waals surface area (Å²) < 4.78 is 0. The van der Waals surface area contributed by atoms with Crippen LogP contribution in [-0.2, 0) is 4.79 Å². The van der Waals surface area contributed by atoms with Gasteiger partial charge in [-0.2, -0.15) is 0 Å². The highest BCUT2D eigenvalue weighted by Crippen LogP contribution is 2.16. The summed E-state index contributed by atoms with van der Waals surface area (Å²) in [5.41, 5.74) is 0. The summed E-state index contributed by atoms with van der Waals surface area (Å²) in [6, 6.07) is -0.762. The number of nitrogens with one attached hydrogen (secondary N) is 1. The number of carbonyl (C=O) groups is 1. The third-order valence-electron chi connectivity index (χ3n) is 11.9. The third-order valence-corrected chi connectivity index (χ3v) is 11.9. The number of amides is 1. The van der Waals surface area contributed by atoms with E-state index in [0.717, 1.165) is 32.1 Å². The molecular weight excluding hydrogens is 715 g/mol. The first-order valence-corrected chi connectivity index (χ1v) is 25.8. The quantitative estimate of drug-likeness (QED) is 0.0364. The fourth-order valence-electron chi connectivity index (χ4n) is 7.94. The van der Waals surface area contributed by atoms with Gasteiger partial charge in [-0.3, -0.25) is 4.79 Å². The van der Waals surface area contributed by atoms with Crippen molar-refractivity contribution in [2.45, 2.75) is 289 Å². The molecule has 0 radical (unpaired) electrons. The van der Waals surface area contributed by atoms with Gasteiger partial charge in [-0.15, -0.1) is 0 Å². The molecule has 0 heterocycles. The summed E-state index contributed by atoms with van der Waals surface area (Å²) in [6.45, 7) is 4.22. The molecule has 3 unspecified atom stereocenters. The Labute approximate surface area is 362 Å². The van der Waals surface area contributed by atoms with Crippen molar-refractivity contribution in [2.75, 3.05) is 6.61 Å². The molecular formula is C53H101NO4. The zero-order valence-corrected chi connectivity index (χ0v) is 38.9. The van der Waals surface area contributed by atoms with E-state index in [-0.39, 0.29) is 18.9 Å². The molecule has 0 saturated carbocycles. The van der Waals surface area contributed by atoms with Crippen LogP contribution in [0, 0.1) is 0 Å². The van der Waals surface area contributed by atoms with E-state index in [1.165, 1.54) is 212 Å². The molecule has 0 aromatic carbocycles. The Morgan fingerprint density at radius 2 is 0.741 bits per heavy atom. The van der Waals surface area contributed by atoms with E-state index in [2.05, 4.69) is 43.5 Å². The average molecular weight is 816 g/mol. The largest absolute Gasteiger partial charge is 0.394 e. The summed E-state index contributed by atoms with van der Waals surface area (Å²) in [4.78, 5) is 12.5. The molecule has 0 aromatic rings. The maximum absolute atomic E-state index is 12.5. The van der Waals surface area contributed by atoms with Gasteiger partial charge in [0.1, 0.15) is 0 Å². The van der Waals surface area contributed by atoms with E-state index >= 15 is 0 Å². The predicted molar refractivity (Wildman–Crippen MR) is 254 cm³/mol. The maximum Gasteiger partial charge on any atom is 0.222 e. The van der Waals surface area contributed by atoms with Crippen molar-refractivity contribution in [1.82, 2.24) is 5.32 Å². The van der Waals surface area contributed by atoms with E-state index in [9.17, 15) is 20.1 Å². The molecule has 0 aliphatic rings. The first-order valence-electron chi connectivity index (χ1n) is 25.8. The second-order valence-electron chi connectivity index (χ2n) is 17.8. The van der Waals surface area contributed by atoms with Gasteiger partial charge in [0.15, 0.2) is 0 Å². The molecule has 5 nitrogen and oxygen atoms in total. The van der Waals surface area contributed by atoms with Crippen molar-refractivity contribution in [1.29, 1.82) is 0 Å². The van der Waals surface area contributed by atoms with Gasteiger partial charge in [0.2, 0.25) is 5.91 Å². The van der Waals surface area contributed by atoms with Crippen LogP contribution in [0.15, 0.2) is 36.5 Å². The summed E-state index contributed by atoms with van der Waals surface area (Å²) in [6.07, 6.45) is 61.7.